The van der Waals surface area contributed by atoms with E-state index in [4.69, 9.17) is 13.9 Å². The maximum absolute atomic E-state index is 13.8. The van der Waals surface area contributed by atoms with Gasteiger partial charge in [-0.2, -0.15) is 0 Å². The number of fused-ring (bicyclic) bond motifs is 2. The maximum Gasteiger partial charge on any atom is 0.290 e. The van der Waals surface area contributed by atoms with Gasteiger partial charge in [-0.1, -0.05) is 31.5 Å². The van der Waals surface area contributed by atoms with Crippen LogP contribution in [0.3, 0.4) is 0 Å². The number of nitrogens with zero attached hydrogens (tertiary/aromatic N) is 2. The number of hydrogen-bond donors (Lipinski definition) is 0. The van der Waals surface area contributed by atoms with Crippen LogP contribution < -0.4 is 14.9 Å². The summed E-state index contributed by atoms with van der Waals surface area (Å²) in [6, 6.07) is 10.6. The standard InChI is InChI=1S/C29H36N2O5/c1-18(2)12-15-35-23-11-9-20(17-24(23)34-6)26-25-27(32)21-16-19(3)8-10-22(21)36-28(25)29(33)31(26)14-7-13-30(4)5/h8-11,16-18,26H,7,12-15H2,1-6H3/t26-/m1/s1. The van der Waals surface area contributed by atoms with Gasteiger partial charge in [0.15, 0.2) is 16.9 Å². The zero-order chi connectivity index (χ0) is 26.0. The van der Waals surface area contributed by atoms with E-state index in [1.54, 1.807) is 18.1 Å². The van der Waals surface area contributed by atoms with Gasteiger partial charge in [-0.3, -0.25) is 9.59 Å². The number of methoxy groups -OCH3 is 1. The second-order valence-corrected chi connectivity index (χ2v) is 10.2. The minimum Gasteiger partial charge on any atom is -0.493 e. The Morgan fingerprint density at radius 2 is 1.86 bits per heavy atom. The Balaban J connectivity index is 1.80. The number of aryl methyl sites for hydroxylation is 1. The predicted molar refractivity (Wildman–Crippen MR) is 141 cm³/mol. The van der Waals surface area contributed by atoms with Crippen molar-refractivity contribution >= 4 is 16.9 Å². The summed E-state index contributed by atoms with van der Waals surface area (Å²) in [5.41, 5.74) is 2.40. The van der Waals surface area contributed by atoms with Gasteiger partial charge in [0.1, 0.15) is 5.58 Å². The van der Waals surface area contributed by atoms with E-state index in [1.165, 1.54) is 0 Å². The fraction of sp³-hybridized carbons (Fsp3) is 0.448. The molecule has 2 aromatic carbocycles. The molecule has 1 aliphatic heterocycles. The van der Waals surface area contributed by atoms with Crippen LogP contribution in [0.4, 0.5) is 0 Å². The predicted octanol–water partition coefficient (Wildman–Crippen LogP) is 5.03. The van der Waals surface area contributed by atoms with Crippen molar-refractivity contribution in [1.29, 1.82) is 0 Å². The van der Waals surface area contributed by atoms with Gasteiger partial charge in [-0.15, -0.1) is 0 Å². The Hall–Kier alpha value is -3.32. The van der Waals surface area contributed by atoms with Gasteiger partial charge in [0, 0.05) is 6.54 Å². The van der Waals surface area contributed by atoms with Crippen LogP contribution >= 0.6 is 0 Å². The summed E-state index contributed by atoms with van der Waals surface area (Å²) < 4.78 is 17.7. The van der Waals surface area contributed by atoms with Crippen molar-refractivity contribution in [3.8, 4) is 11.5 Å². The van der Waals surface area contributed by atoms with E-state index in [0.717, 1.165) is 30.5 Å². The Labute approximate surface area is 212 Å². The molecule has 0 radical (unpaired) electrons. The Morgan fingerprint density at radius 1 is 1.08 bits per heavy atom. The van der Waals surface area contributed by atoms with Gasteiger partial charge in [-0.05, 0) is 76.2 Å². The lowest BCUT2D eigenvalue weighted by molar-refractivity contribution is 0.0722. The molecule has 0 saturated heterocycles. The average Bonchev–Trinajstić information content (AvgIpc) is 3.11. The molecule has 0 fully saturated rings. The monoisotopic (exact) mass is 492 g/mol. The molecule has 0 unspecified atom stereocenters. The quantitative estimate of drug-likeness (QED) is 0.395. The molecule has 3 aromatic rings. The molecule has 2 heterocycles. The van der Waals surface area contributed by atoms with Crippen molar-refractivity contribution in [1.82, 2.24) is 9.80 Å². The van der Waals surface area contributed by atoms with Crippen LogP contribution in [-0.4, -0.2) is 56.6 Å². The van der Waals surface area contributed by atoms with E-state index in [1.807, 2.05) is 51.4 Å². The largest absolute Gasteiger partial charge is 0.493 e. The second kappa shape index (κ2) is 10.7. The molecule has 1 aliphatic rings. The van der Waals surface area contributed by atoms with E-state index in [9.17, 15) is 9.59 Å². The van der Waals surface area contributed by atoms with Crippen molar-refractivity contribution in [3.05, 3.63) is 69.1 Å². The molecule has 0 aliphatic carbocycles. The smallest absolute Gasteiger partial charge is 0.290 e. The normalized spacial score (nSPS) is 15.3. The average molecular weight is 493 g/mol. The third-order valence-electron chi connectivity index (χ3n) is 6.58. The Morgan fingerprint density at radius 3 is 2.56 bits per heavy atom. The van der Waals surface area contributed by atoms with Crippen LogP contribution in [0.1, 0.15) is 60.0 Å². The third kappa shape index (κ3) is 5.12. The number of rotatable bonds is 10. The van der Waals surface area contributed by atoms with Crippen molar-refractivity contribution in [3.63, 3.8) is 0 Å². The summed E-state index contributed by atoms with van der Waals surface area (Å²) in [6.07, 6.45) is 1.70. The van der Waals surface area contributed by atoms with E-state index < -0.39 is 6.04 Å². The fourth-order valence-electron chi connectivity index (χ4n) is 4.65. The number of ether oxygens (including phenoxy) is 2. The second-order valence-electron chi connectivity index (χ2n) is 10.2. The first-order valence-electron chi connectivity index (χ1n) is 12.5. The Kier molecular flexibility index (Phi) is 7.69. The van der Waals surface area contributed by atoms with Gasteiger partial charge < -0.3 is 23.7 Å². The van der Waals surface area contributed by atoms with E-state index in [2.05, 4.69) is 18.7 Å². The zero-order valence-corrected chi connectivity index (χ0v) is 22.1. The SMILES string of the molecule is COc1cc([C@@H]2c3c(oc4ccc(C)cc4c3=O)C(=O)N2CCCN(C)C)ccc1OCCC(C)C. The van der Waals surface area contributed by atoms with E-state index in [-0.39, 0.29) is 17.1 Å². The molecule has 0 N–H and O–H groups in total. The highest BCUT2D eigenvalue weighted by molar-refractivity contribution is 5.99. The highest BCUT2D eigenvalue weighted by atomic mass is 16.5. The fourth-order valence-corrected chi connectivity index (χ4v) is 4.65. The molecule has 36 heavy (non-hydrogen) atoms. The highest BCUT2D eigenvalue weighted by Crippen LogP contribution is 2.41. The van der Waals surface area contributed by atoms with Gasteiger partial charge >= 0.3 is 0 Å². The lowest BCUT2D eigenvalue weighted by Gasteiger charge is -2.26. The van der Waals surface area contributed by atoms with Gasteiger partial charge in [0.2, 0.25) is 5.76 Å². The van der Waals surface area contributed by atoms with Gasteiger partial charge in [0.05, 0.1) is 30.7 Å². The maximum atomic E-state index is 13.8. The minimum atomic E-state index is -0.561. The number of benzene rings is 2. The summed E-state index contributed by atoms with van der Waals surface area (Å²) in [5.74, 6) is 1.62. The minimum absolute atomic E-state index is 0.127. The highest BCUT2D eigenvalue weighted by Gasteiger charge is 2.42. The third-order valence-corrected chi connectivity index (χ3v) is 6.58. The molecule has 1 atom stereocenters. The van der Waals surface area contributed by atoms with Crippen LogP contribution in [0.15, 0.2) is 45.6 Å². The molecule has 1 amide bonds. The molecular formula is C29H36N2O5. The lowest BCUT2D eigenvalue weighted by Crippen LogP contribution is -2.32. The number of amides is 1. The van der Waals surface area contributed by atoms with Crippen LogP contribution in [0, 0.1) is 12.8 Å². The first-order valence-corrected chi connectivity index (χ1v) is 12.5. The topological polar surface area (TPSA) is 72.2 Å². The molecule has 7 nitrogen and oxygen atoms in total. The zero-order valence-electron chi connectivity index (χ0n) is 22.1. The Bertz CT molecular complexity index is 1310. The van der Waals surface area contributed by atoms with Crippen LogP contribution in [-0.2, 0) is 0 Å². The lowest BCUT2D eigenvalue weighted by atomic mass is 9.97. The summed E-state index contributed by atoms with van der Waals surface area (Å²) in [6.45, 7) is 8.14. The van der Waals surface area contributed by atoms with Crippen LogP contribution in [0.2, 0.25) is 0 Å². The van der Waals surface area contributed by atoms with Crippen LogP contribution in [0.25, 0.3) is 11.0 Å². The van der Waals surface area contributed by atoms with Gasteiger partial charge in [0.25, 0.3) is 5.91 Å². The first-order chi connectivity index (χ1) is 17.2. The number of carbonyl (C=O) groups is 1. The van der Waals surface area contributed by atoms with E-state index >= 15 is 0 Å². The summed E-state index contributed by atoms with van der Waals surface area (Å²) in [5, 5.41) is 0.488. The molecule has 0 spiro atoms. The summed E-state index contributed by atoms with van der Waals surface area (Å²) in [7, 11) is 5.60. The molecule has 1 aromatic heterocycles. The summed E-state index contributed by atoms with van der Waals surface area (Å²) in [4.78, 5) is 31.1. The molecule has 4 rings (SSSR count). The van der Waals surface area contributed by atoms with Crippen molar-refractivity contribution in [2.75, 3.05) is 40.9 Å². The summed E-state index contributed by atoms with van der Waals surface area (Å²) >= 11 is 0. The molecule has 192 valence electrons. The molecule has 7 heteroatoms. The molecular weight excluding hydrogens is 456 g/mol. The molecule has 0 bridgehead atoms. The number of hydrogen-bond acceptors (Lipinski definition) is 6. The first kappa shape index (κ1) is 25.8. The van der Waals surface area contributed by atoms with Crippen molar-refractivity contribution in [2.24, 2.45) is 5.92 Å². The van der Waals surface area contributed by atoms with Crippen molar-refractivity contribution < 1.29 is 18.7 Å². The van der Waals surface area contributed by atoms with Crippen molar-refractivity contribution in [2.45, 2.75) is 39.7 Å². The van der Waals surface area contributed by atoms with Gasteiger partial charge in [-0.25, -0.2) is 0 Å². The van der Waals surface area contributed by atoms with Crippen LogP contribution in [0.5, 0.6) is 11.5 Å². The van der Waals surface area contributed by atoms with E-state index in [0.29, 0.717) is 47.1 Å². The number of carbonyl (C=O) groups excluding carboxylic acids is 1. The molecule has 0 saturated carbocycles.